The largest absolute Gasteiger partial charge is 0.495 e. The van der Waals surface area contributed by atoms with Gasteiger partial charge >= 0.3 is 0 Å². The van der Waals surface area contributed by atoms with Gasteiger partial charge in [-0.15, -0.1) is 0 Å². The molecule has 248 valence electrons. The van der Waals surface area contributed by atoms with Gasteiger partial charge < -0.3 is 15.0 Å². The molecule has 0 bridgehead atoms. The molecule has 47 heavy (non-hydrogen) atoms. The van der Waals surface area contributed by atoms with Gasteiger partial charge in [0, 0.05) is 35.1 Å². The van der Waals surface area contributed by atoms with Crippen molar-refractivity contribution in [1.82, 2.24) is 10.2 Å². The number of nitrogens with zero attached hydrogens (tertiary/aromatic N) is 2. The van der Waals surface area contributed by atoms with E-state index in [2.05, 4.69) is 5.32 Å². The number of rotatable bonds is 14. The Morgan fingerprint density at radius 3 is 2.13 bits per heavy atom. The van der Waals surface area contributed by atoms with Gasteiger partial charge in [0.05, 0.1) is 22.7 Å². The van der Waals surface area contributed by atoms with Crippen LogP contribution in [0.15, 0.2) is 95.9 Å². The average molecular weight is 717 g/mol. The molecule has 1 N–H and O–H groups in total. The Hall–Kier alpha value is -3.76. The summed E-state index contributed by atoms with van der Waals surface area (Å²) < 4.78 is 34.7. The fourth-order valence-electron chi connectivity index (χ4n) is 4.95. The molecule has 4 rings (SSSR count). The van der Waals surface area contributed by atoms with Crippen molar-refractivity contribution in [2.45, 2.75) is 44.2 Å². The number of anilines is 1. The zero-order valence-electron chi connectivity index (χ0n) is 26.3. The topological polar surface area (TPSA) is 96.0 Å². The smallest absolute Gasteiger partial charge is 0.264 e. The predicted molar refractivity (Wildman–Crippen MR) is 188 cm³/mol. The standard InChI is InChI=1S/C35H36Cl3N3O5S/c1-4-19-39-35(43)32(20-25-9-6-5-7-10-25)40(22-28-29(36)11-8-12-30(28)37)34(42)23-41(26-15-18-33(46-3)31(38)21-26)47(44,45)27-16-13-24(2)14-17-27/h5-18,21,32H,4,19-20,22-23H2,1-3H3,(H,39,43)/t32-/m1/s1. The van der Waals surface area contributed by atoms with E-state index in [9.17, 15) is 18.0 Å². The number of halogens is 3. The number of amides is 2. The van der Waals surface area contributed by atoms with E-state index in [1.54, 1.807) is 30.3 Å². The second-order valence-electron chi connectivity index (χ2n) is 10.9. The molecule has 4 aromatic rings. The van der Waals surface area contributed by atoms with Crippen LogP contribution in [0, 0.1) is 6.92 Å². The summed E-state index contributed by atoms with van der Waals surface area (Å²) in [4.78, 5) is 29.7. The van der Waals surface area contributed by atoms with Crippen LogP contribution in [0.25, 0.3) is 0 Å². The number of methoxy groups -OCH3 is 1. The first kappa shape index (κ1) is 36.1. The lowest BCUT2D eigenvalue weighted by Gasteiger charge is -2.34. The summed E-state index contributed by atoms with van der Waals surface area (Å²) in [5.41, 5.74) is 2.23. The molecule has 0 saturated carbocycles. The highest BCUT2D eigenvalue weighted by Crippen LogP contribution is 2.33. The van der Waals surface area contributed by atoms with Crippen LogP contribution in [-0.2, 0) is 32.6 Å². The van der Waals surface area contributed by atoms with E-state index < -0.39 is 34.4 Å². The number of benzene rings is 4. The van der Waals surface area contributed by atoms with Crippen molar-refractivity contribution in [2.75, 3.05) is 24.5 Å². The van der Waals surface area contributed by atoms with E-state index in [1.165, 1.54) is 42.3 Å². The minimum Gasteiger partial charge on any atom is -0.495 e. The maximum absolute atomic E-state index is 14.6. The highest BCUT2D eigenvalue weighted by Gasteiger charge is 2.35. The summed E-state index contributed by atoms with van der Waals surface area (Å²) >= 11 is 19.6. The third-order valence-corrected chi connectivity index (χ3v) is 10.3. The summed E-state index contributed by atoms with van der Waals surface area (Å²) in [6, 6.07) is 23.9. The lowest BCUT2D eigenvalue weighted by atomic mass is 10.0. The zero-order chi connectivity index (χ0) is 34.1. The minimum absolute atomic E-state index is 0.0231. The second-order valence-corrected chi connectivity index (χ2v) is 13.9. The van der Waals surface area contributed by atoms with E-state index in [0.29, 0.717) is 34.3 Å². The van der Waals surface area contributed by atoms with Gasteiger partial charge in [0.15, 0.2) is 0 Å². The van der Waals surface area contributed by atoms with Crippen molar-refractivity contribution in [2.24, 2.45) is 0 Å². The number of sulfonamides is 1. The number of hydrogen-bond donors (Lipinski definition) is 1. The van der Waals surface area contributed by atoms with Gasteiger partial charge in [0.25, 0.3) is 10.0 Å². The van der Waals surface area contributed by atoms with Crippen LogP contribution in [0.2, 0.25) is 15.1 Å². The maximum atomic E-state index is 14.6. The van der Waals surface area contributed by atoms with Crippen molar-refractivity contribution in [3.05, 3.63) is 123 Å². The number of aryl methyl sites for hydroxylation is 1. The third-order valence-electron chi connectivity index (χ3n) is 7.52. The summed E-state index contributed by atoms with van der Waals surface area (Å²) in [6.07, 6.45) is 0.832. The van der Waals surface area contributed by atoms with Crippen LogP contribution in [0.5, 0.6) is 5.75 Å². The van der Waals surface area contributed by atoms with Crippen LogP contribution in [0.4, 0.5) is 5.69 Å². The van der Waals surface area contributed by atoms with E-state index in [-0.39, 0.29) is 28.6 Å². The van der Waals surface area contributed by atoms with Crippen LogP contribution in [0.1, 0.15) is 30.0 Å². The van der Waals surface area contributed by atoms with Crippen molar-refractivity contribution >= 4 is 62.3 Å². The predicted octanol–water partition coefficient (Wildman–Crippen LogP) is 7.33. The molecule has 0 aliphatic heterocycles. The highest BCUT2D eigenvalue weighted by molar-refractivity contribution is 7.92. The molecule has 0 aromatic heterocycles. The first-order valence-corrected chi connectivity index (χ1v) is 17.5. The molecular weight excluding hydrogens is 681 g/mol. The zero-order valence-corrected chi connectivity index (χ0v) is 29.3. The summed E-state index contributed by atoms with van der Waals surface area (Å²) in [5.74, 6) is -0.719. The molecule has 2 amide bonds. The van der Waals surface area contributed by atoms with E-state index in [1.807, 2.05) is 44.2 Å². The first-order chi connectivity index (χ1) is 22.5. The molecule has 0 fully saturated rings. The van der Waals surface area contributed by atoms with Crippen LogP contribution < -0.4 is 14.4 Å². The molecule has 4 aromatic carbocycles. The second kappa shape index (κ2) is 16.4. The number of nitrogens with one attached hydrogen (secondary N) is 1. The van der Waals surface area contributed by atoms with Crippen LogP contribution >= 0.6 is 34.8 Å². The van der Waals surface area contributed by atoms with Gasteiger partial charge in [-0.25, -0.2) is 8.42 Å². The van der Waals surface area contributed by atoms with Gasteiger partial charge in [0.1, 0.15) is 18.3 Å². The Balaban J connectivity index is 1.85. The Morgan fingerprint density at radius 2 is 1.53 bits per heavy atom. The number of ether oxygens (including phenoxy) is 1. The Kier molecular flexibility index (Phi) is 12.6. The Bertz CT molecular complexity index is 1790. The molecule has 8 nitrogen and oxygen atoms in total. The van der Waals surface area contributed by atoms with E-state index in [0.717, 1.165) is 15.4 Å². The fraction of sp³-hybridized carbons (Fsp3) is 0.257. The fourth-order valence-corrected chi connectivity index (χ4v) is 7.13. The minimum atomic E-state index is -4.31. The lowest BCUT2D eigenvalue weighted by Crippen LogP contribution is -2.53. The first-order valence-electron chi connectivity index (χ1n) is 14.9. The van der Waals surface area contributed by atoms with Crippen molar-refractivity contribution in [1.29, 1.82) is 0 Å². The quantitative estimate of drug-likeness (QED) is 0.148. The molecule has 0 spiro atoms. The molecule has 0 radical (unpaired) electrons. The highest BCUT2D eigenvalue weighted by atomic mass is 35.5. The van der Waals surface area contributed by atoms with Gasteiger partial charge in [-0.3, -0.25) is 13.9 Å². The average Bonchev–Trinajstić information content (AvgIpc) is 3.05. The molecule has 12 heteroatoms. The third kappa shape index (κ3) is 8.99. The molecule has 0 aliphatic rings. The van der Waals surface area contributed by atoms with Crippen molar-refractivity contribution < 1.29 is 22.7 Å². The molecule has 1 atom stereocenters. The maximum Gasteiger partial charge on any atom is 0.264 e. The van der Waals surface area contributed by atoms with Crippen molar-refractivity contribution in [3.8, 4) is 5.75 Å². The monoisotopic (exact) mass is 715 g/mol. The lowest BCUT2D eigenvalue weighted by molar-refractivity contribution is -0.140. The summed E-state index contributed by atoms with van der Waals surface area (Å²) in [7, 11) is -2.87. The van der Waals surface area contributed by atoms with Gasteiger partial charge in [-0.2, -0.15) is 0 Å². The molecule has 0 aliphatic carbocycles. The molecular formula is C35H36Cl3N3O5S. The van der Waals surface area contributed by atoms with Crippen LogP contribution in [-0.4, -0.2) is 51.4 Å². The number of carbonyl (C=O) groups is 2. The SMILES string of the molecule is CCCNC(=O)[C@@H](Cc1ccccc1)N(Cc1c(Cl)cccc1Cl)C(=O)CN(c1ccc(OC)c(Cl)c1)S(=O)(=O)c1ccc(C)cc1. The van der Waals surface area contributed by atoms with Crippen molar-refractivity contribution in [3.63, 3.8) is 0 Å². The van der Waals surface area contributed by atoms with E-state index in [4.69, 9.17) is 39.5 Å². The molecule has 0 saturated heterocycles. The Morgan fingerprint density at radius 1 is 0.872 bits per heavy atom. The summed E-state index contributed by atoms with van der Waals surface area (Å²) in [5, 5.41) is 3.66. The van der Waals surface area contributed by atoms with Gasteiger partial charge in [-0.05, 0) is 61.4 Å². The number of carbonyl (C=O) groups excluding carboxylic acids is 2. The Labute approximate surface area is 291 Å². The summed E-state index contributed by atoms with van der Waals surface area (Å²) in [6.45, 7) is 3.34. The van der Waals surface area contributed by atoms with Crippen LogP contribution in [0.3, 0.4) is 0 Å². The number of hydrogen-bond acceptors (Lipinski definition) is 5. The normalized spacial score (nSPS) is 11.9. The molecule has 0 heterocycles. The van der Waals surface area contributed by atoms with Gasteiger partial charge in [0.2, 0.25) is 11.8 Å². The van der Waals surface area contributed by atoms with E-state index >= 15 is 0 Å². The van der Waals surface area contributed by atoms with Gasteiger partial charge in [-0.1, -0.05) is 95.8 Å². The molecule has 0 unspecified atom stereocenters.